The van der Waals surface area contributed by atoms with E-state index < -0.39 is 0 Å². The van der Waals surface area contributed by atoms with E-state index in [1.54, 1.807) is 18.3 Å². The number of aromatic hydroxyl groups is 1. The lowest BCUT2D eigenvalue weighted by atomic mass is 9.98. The number of benzene rings is 2. The van der Waals surface area contributed by atoms with Crippen molar-refractivity contribution in [2.45, 2.75) is 6.54 Å². The Hall–Kier alpha value is -2.36. The highest BCUT2D eigenvalue weighted by molar-refractivity contribution is 6.30. The Morgan fingerprint density at radius 1 is 0.955 bits per heavy atom. The summed E-state index contributed by atoms with van der Waals surface area (Å²) in [6, 6.07) is 16.7. The van der Waals surface area contributed by atoms with Gasteiger partial charge in [-0.15, -0.1) is 0 Å². The summed E-state index contributed by atoms with van der Waals surface area (Å²) in [7, 11) is 0. The first-order valence-corrected chi connectivity index (χ1v) is 7.29. The second-order valence-corrected chi connectivity index (χ2v) is 5.43. The number of nitrogens with two attached hydrogens (primary N) is 1. The molecule has 3 aromatic rings. The average molecular weight is 311 g/mol. The second-order valence-electron chi connectivity index (χ2n) is 5.00. The third kappa shape index (κ3) is 2.96. The van der Waals surface area contributed by atoms with E-state index in [1.165, 1.54) is 0 Å². The van der Waals surface area contributed by atoms with Crippen molar-refractivity contribution in [1.82, 2.24) is 4.98 Å². The van der Waals surface area contributed by atoms with Gasteiger partial charge in [0.25, 0.3) is 0 Å². The van der Waals surface area contributed by atoms with E-state index in [4.69, 9.17) is 17.3 Å². The maximum Gasteiger partial charge on any atom is 0.115 e. The Morgan fingerprint density at radius 2 is 1.59 bits per heavy atom. The fraction of sp³-hybridized carbons (Fsp3) is 0.0556. The highest BCUT2D eigenvalue weighted by atomic mass is 35.5. The van der Waals surface area contributed by atoms with Crippen molar-refractivity contribution in [3.63, 3.8) is 0 Å². The van der Waals surface area contributed by atoms with Crippen molar-refractivity contribution in [3.8, 4) is 28.1 Å². The van der Waals surface area contributed by atoms with Crippen LogP contribution in [-0.2, 0) is 6.54 Å². The Morgan fingerprint density at radius 3 is 2.23 bits per heavy atom. The monoisotopic (exact) mass is 310 g/mol. The van der Waals surface area contributed by atoms with Gasteiger partial charge in [0.05, 0.1) is 5.69 Å². The van der Waals surface area contributed by atoms with Gasteiger partial charge in [0.15, 0.2) is 0 Å². The molecule has 3 rings (SSSR count). The Balaban J connectivity index is 2.17. The normalized spacial score (nSPS) is 10.6. The van der Waals surface area contributed by atoms with Crippen LogP contribution >= 0.6 is 11.6 Å². The van der Waals surface area contributed by atoms with Crippen LogP contribution in [0.5, 0.6) is 5.75 Å². The van der Waals surface area contributed by atoms with E-state index in [2.05, 4.69) is 4.98 Å². The zero-order valence-corrected chi connectivity index (χ0v) is 12.6. The van der Waals surface area contributed by atoms with Crippen LogP contribution in [0.3, 0.4) is 0 Å². The molecule has 0 fully saturated rings. The molecule has 0 unspecified atom stereocenters. The maximum atomic E-state index is 9.45. The van der Waals surface area contributed by atoms with Gasteiger partial charge in [0, 0.05) is 28.9 Å². The second kappa shape index (κ2) is 6.18. The smallest absolute Gasteiger partial charge is 0.115 e. The van der Waals surface area contributed by atoms with Gasteiger partial charge in [-0.1, -0.05) is 23.7 Å². The molecule has 3 N–H and O–H groups in total. The summed E-state index contributed by atoms with van der Waals surface area (Å²) in [5, 5.41) is 10.1. The van der Waals surface area contributed by atoms with Crippen molar-refractivity contribution in [3.05, 3.63) is 71.4 Å². The van der Waals surface area contributed by atoms with Crippen LogP contribution in [0.2, 0.25) is 5.02 Å². The zero-order chi connectivity index (χ0) is 15.5. The maximum absolute atomic E-state index is 9.45. The molecule has 3 nitrogen and oxygen atoms in total. The molecule has 0 bridgehead atoms. The van der Waals surface area contributed by atoms with Crippen molar-refractivity contribution < 1.29 is 5.11 Å². The topological polar surface area (TPSA) is 59.1 Å². The fourth-order valence-corrected chi connectivity index (χ4v) is 2.44. The molecule has 0 saturated heterocycles. The molecular weight excluding hydrogens is 296 g/mol. The molecule has 0 aliphatic rings. The van der Waals surface area contributed by atoms with Crippen LogP contribution in [-0.4, -0.2) is 10.1 Å². The molecule has 1 heterocycles. The Bertz CT molecular complexity index is 783. The van der Waals surface area contributed by atoms with Crippen LogP contribution in [0.25, 0.3) is 22.4 Å². The molecule has 2 aromatic carbocycles. The Kier molecular flexibility index (Phi) is 4.09. The summed E-state index contributed by atoms with van der Waals surface area (Å²) in [5.41, 5.74) is 10.5. The summed E-state index contributed by atoms with van der Waals surface area (Å²) in [4.78, 5) is 4.55. The first-order valence-electron chi connectivity index (χ1n) is 6.91. The van der Waals surface area contributed by atoms with Crippen molar-refractivity contribution >= 4 is 11.6 Å². The molecule has 0 saturated carbocycles. The third-order valence-electron chi connectivity index (χ3n) is 3.48. The number of phenolic OH excluding ortho intramolecular Hbond substituents is 1. The number of aromatic nitrogens is 1. The summed E-state index contributed by atoms with van der Waals surface area (Å²) < 4.78 is 0. The number of pyridine rings is 1. The molecule has 0 aliphatic heterocycles. The molecule has 110 valence electrons. The van der Waals surface area contributed by atoms with Crippen LogP contribution in [0.1, 0.15) is 5.56 Å². The number of hydrogen-bond acceptors (Lipinski definition) is 3. The highest BCUT2D eigenvalue weighted by Gasteiger charge is 2.10. The molecule has 1 aromatic heterocycles. The minimum atomic E-state index is 0.232. The predicted molar refractivity (Wildman–Crippen MR) is 89.7 cm³/mol. The molecule has 0 spiro atoms. The van der Waals surface area contributed by atoms with Crippen LogP contribution in [0.4, 0.5) is 0 Å². The largest absolute Gasteiger partial charge is 0.508 e. The lowest BCUT2D eigenvalue weighted by Gasteiger charge is -2.11. The van der Waals surface area contributed by atoms with Crippen molar-refractivity contribution in [2.24, 2.45) is 5.73 Å². The fourth-order valence-electron chi connectivity index (χ4n) is 2.32. The van der Waals surface area contributed by atoms with Crippen molar-refractivity contribution in [2.75, 3.05) is 0 Å². The highest BCUT2D eigenvalue weighted by Crippen LogP contribution is 2.32. The quantitative estimate of drug-likeness (QED) is 0.761. The zero-order valence-electron chi connectivity index (χ0n) is 11.8. The first kappa shape index (κ1) is 14.6. The number of hydrogen-bond donors (Lipinski definition) is 2. The summed E-state index contributed by atoms with van der Waals surface area (Å²) in [6.45, 7) is 0.434. The first-order chi connectivity index (χ1) is 10.7. The van der Waals surface area contributed by atoms with Crippen LogP contribution in [0.15, 0.2) is 60.8 Å². The van der Waals surface area contributed by atoms with Gasteiger partial charge >= 0.3 is 0 Å². The minimum Gasteiger partial charge on any atom is -0.508 e. The summed E-state index contributed by atoms with van der Waals surface area (Å²) >= 11 is 5.97. The van der Waals surface area contributed by atoms with Gasteiger partial charge in [-0.2, -0.15) is 0 Å². The van der Waals surface area contributed by atoms with Gasteiger partial charge in [-0.25, -0.2) is 0 Å². The molecule has 0 amide bonds. The SMILES string of the molecule is NCc1cnc(-c2ccc(O)cc2)c(-c2ccc(Cl)cc2)c1. The standard InChI is InChI=1S/C18H15ClN2O/c19-15-5-1-13(2-6-15)17-9-12(10-20)11-21-18(17)14-3-7-16(22)8-4-14/h1-9,11,22H,10,20H2. The van der Waals surface area contributed by atoms with Gasteiger partial charge in [0.1, 0.15) is 5.75 Å². The number of nitrogens with zero attached hydrogens (tertiary/aromatic N) is 1. The van der Waals surface area contributed by atoms with E-state index >= 15 is 0 Å². The van der Waals surface area contributed by atoms with Gasteiger partial charge < -0.3 is 10.8 Å². The summed E-state index contributed by atoms with van der Waals surface area (Å²) in [5.74, 6) is 0.232. The summed E-state index contributed by atoms with van der Waals surface area (Å²) in [6.07, 6.45) is 1.78. The van der Waals surface area contributed by atoms with E-state index in [0.29, 0.717) is 11.6 Å². The number of rotatable bonds is 3. The molecular formula is C18H15ClN2O. The van der Waals surface area contributed by atoms with Crippen LogP contribution in [0, 0.1) is 0 Å². The van der Waals surface area contributed by atoms with E-state index in [-0.39, 0.29) is 5.75 Å². The molecule has 22 heavy (non-hydrogen) atoms. The third-order valence-corrected chi connectivity index (χ3v) is 3.73. The Labute approximate surface area is 134 Å². The molecule has 4 heteroatoms. The molecule has 0 atom stereocenters. The lowest BCUT2D eigenvalue weighted by molar-refractivity contribution is 0.475. The van der Waals surface area contributed by atoms with Gasteiger partial charge in [-0.05, 0) is 53.6 Å². The van der Waals surface area contributed by atoms with Crippen LogP contribution < -0.4 is 5.73 Å². The van der Waals surface area contributed by atoms with Gasteiger partial charge in [-0.3, -0.25) is 4.98 Å². The number of phenols is 1. The van der Waals surface area contributed by atoms with Gasteiger partial charge in [0.2, 0.25) is 0 Å². The number of halogens is 1. The van der Waals surface area contributed by atoms with E-state index in [0.717, 1.165) is 27.9 Å². The molecule has 0 radical (unpaired) electrons. The van der Waals surface area contributed by atoms with E-state index in [1.807, 2.05) is 42.5 Å². The van der Waals surface area contributed by atoms with E-state index in [9.17, 15) is 5.11 Å². The van der Waals surface area contributed by atoms with Crippen molar-refractivity contribution in [1.29, 1.82) is 0 Å². The minimum absolute atomic E-state index is 0.232. The molecule has 0 aliphatic carbocycles. The predicted octanol–water partition coefficient (Wildman–Crippen LogP) is 4.23. The average Bonchev–Trinajstić information content (AvgIpc) is 2.56. The lowest BCUT2D eigenvalue weighted by Crippen LogP contribution is -1.99.